The van der Waals surface area contributed by atoms with E-state index >= 15 is 0 Å². The molecule has 0 N–H and O–H groups in total. The molecule has 466 valence electrons. The number of rotatable bonds is 11. The zero-order valence-corrected chi connectivity index (χ0v) is 58.5. The first-order valence-electron chi connectivity index (χ1n) is 34.2. The Morgan fingerprint density at radius 3 is 1.03 bits per heavy atom. The molecule has 96 heavy (non-hydrogen) atoms. The van der Waals surface area contributed by atoms with Crippen LogP contribution in [0.25, 0.3) is 27.5 Å². The van der Waals surface area contributed by atoms with Gasteiger partial charge in [0, 0.05) is 44.9 Å². The van der Waals surface area contributed by atoms with Crippen LogP contribution in [0.5, 0.6) is 0 Å². The van der Waals surface area contributed by atoms with Gasteiger partial charge in [0.15, 0.2) is 16.1 Å². The van der Waals surface area contributed by atoms with Gasteiger partial charge in [-0.25, -0.2) is 0 Å². The molecule has 0 aliphatic carbocycles. The predicted octanol–water partition coefficient (Wildman–Crippen LogP) is 15.5. The normalized spacial score (nSPS) is 13.2. The maximum atomic E-state index is 2.69. The first kappa shape index (κ1) is 60.7. The largest absolute Gasteiger partial charge is 0.311 e. The molecule has 0 spiro atoms. The van der Waals surface area contributed by atoms with Crippen molar-refractivity contribution in [2.75, 3.05) is 9.80 Å². The third-order valence-corrected chi connectivity index (χ3v) is 30.5. The second-order valence-electron chi connectivity index (χ2n) is 29.7. The summed E-state index contributed by atoms with van der Waals surface area (Å²) in [4.78, 5) is 5.34. The summed E-state index contributed by atoms with van der Waals surface area (Å²) in [5, 5.41) is 13.3. The van der Waals surface area contributed by atoms with Gasteiger partial charge < -0.3 is 14.4 Å². The third-order valence-electron chi connectivity index (χ3n) is 20.9. The minimum atomic E-state index is -3.07. The average Bonchev–Trinajstić information content (AvgIpc) is 0.944. The summed E-state index contributed by atoms with van der Waals surface area (Å²) in [5.41, 5.74) is 17.8. The van der Waals surface area contributed by atoms with Crippen molar-refractivity contribution in [2.24, 2.45) is 0 Å². The number of benzene rings is 13. The van der Waals surface area contributed by atoms with E-state index in [-0.39, 0.29) is 23.0 Å². The van der Waals surface area contributed by atoms with E-state index in [4.69, 9.17) is 0 Å². The molecule has 2 aliphatic rings. The van der Waals surface area contributed by atoms with E-state index in [2.05, 4.69) is 398 Å². The predicted molar refractivity (Wildman–Crippen MR) is 418 cm³/mol. The number of para-hydroxylation sites is 2. The van der Waals surface area contributed by atoms with E-state index in [1.54, 1.807) is 0 Å². The van der Waals surface area contributed by atoms with E-state index in [9.17, 15) is 0 Å². The van der Waals surface area contributed by atoms with Gasteiger partial charge in [0.1, 0.15) is 0 Å². The summed E-state index contributed by atoms with van der Waals surface area (Å²) in [7, 11) is -5.98. The van der Waals surface area contributed by atoms with Gasteiger partial charge in [-0.1, -0.05) is 323 Å². The number of hydrogen-bond donors (Lipinski definition) is 0. The Morgan fingerprint density at radius 1 is 0.250 bits per heavy atom. The number of hydrogen-bond acceptors (Lipinski definition) is 2. The Bertz CT molecular complexity index is 4950. The van der Waals surface area contributed by atoms with E-state index in [1.807, 2.05) is 0 Å². The monoisotopic (exact) mass is 1270 g/mol. The lowest BCUT2D eigenvalue weighted by molar-refractivity contribution is 0.569. The topological polar surface area (TPSA) is 11.4 Å². The van der Waals surface area contributed by atoms with Crippen LogP contribution in [0.2, 0.25) is 0 Å². The minimum absolute atomic E-state index is 0.147. The first-order chi connectivity index (χ1) is 46.5. The zero-order chi connectivity index (χ0) is 65.7. The molecule has 0 fully saturated rings. The highest BCUT2D eigenvalue weighted by Crippen LogP contribution is 2.48. The lowest BCUT2D eigenvalue weighted by Gasteiger charge is -2.46. The molecule has 13 aromatic carbocycles. The smallest absolute Gasteiger partial charge is 0.252 e. The van der Waals surface area contributed by atoms with Crippen molar-refractivity contribution in [3.05, 3.63) is 338 Å². The molecule has 2 aliphatic heterocycles. The van der Waals surface area contributed by atoms with Crippen molar-refractivity contribution >= 4 is 137 Å². The summed E-state index contributed by atoms with van der Waals surface area (Å²) >= 11 is 0. The summed E-state index contributed by atoms with van der Waals surface area (Å²) in [6, 6.07) is 124. The van der Waals surface area contributed by atoms with Gasteiger partial charge in [-0.05, 0) is 151 Å². The third kappa shape index (κ3) is 9.82. The fraction of sp³-hybridized carbons (Fsp3) is 0.133. The number of anilines is 6. The van der Waals surface area contributed by atoms with Gasteiger partial charge in [0.2, 0.25) is 0 Å². The number of aromatic nitrogens is 1. The van der Waals surface area contributed by atoms with Crippen molar-refractivity contribution in [3.63, 3.8) is 0 Å². The molecule has 0 atom stereocenters. The Kier molecular flexibility index (Phi) is 14.7. The van der Waals surface area contributed by atoms with Crippen LogP contribution < -0.4 is 67.7 Å². The zero-order valence-electron chi connectivity index (χ0n) is 56.5. The molecule has 1 aromatic heterocycles. The molecular formula is C90H80BN3Si2. The van der Waals surface area contributed by atoms with Crippen LogP contribution in [0.4, 0.5) is 34.1 Å². The molecule has 0 unspecified atom stereocenters. The van der Waals surface area contributed by atoms with Crippen LogP contribution in [0, 0.1) is 0 Å². The average molecular weight is 1270 g/mol. The Hall–Kier alpha value is -10.2. The lowest BCUT2D eigenvalue weighted by Crippen LogP contribution is -2.75. The summed E-state index contributed by atoms with van der Waals surface area (Å²) in [6.07, 6.45) is 0. The maximum Gasteiger partial charge on any atom is 0.252 e. The Balaban J connectivity index is 1.05. The molecule has 0 bridgehead atoms. The van der Waals surface area contributed by atoms with E-state index in [0.29, 0.717) is 0 Å². The molecule has 0 amide bonds. The fourth-order valence-corrected chi connectivity index (χ4v) is 25.7. The quantitative estimate of drug-likeness (QED) is 0.0944. The maximum absolute atomic E-state index is 3.07. The van der Waals surface area contributed by atoms with Crippen molar-refractivity contribution in [1.29, 1.82) is 0 Å². The van der Waals surface area contributed by atoms with Crippen LogP contribution in [0.3, 0.4) is 0 Å². The highest BCUT2D eigenvalue weighted by molar-refractivity contribution is 7.20. The Morgan fingerprint density at radius 2 is 0.615 bits per heavy atom. The summed E-state index contributed by atoms with van der Waals surface area (Å²) in [5.74, 6) is 0. The van der Waals surface area contributed by atoms with Gasteiger partial charge in [-0.3, -0.25) is 0 Å². The first-order valence-corrected chi connectivity index (χ1v) is 38.2. The van der Waals surface area contributed by atoms with Gasteiger partial charge in [-0.15, -0.1) is 0 Å². The summed E-state index contributed by atoms with van der Waals surface area (Å²) in [6.45, 7) is 21.1. The molecular weight excluding hydrogens is 1190 g/mol. The van der Waals surface area contributed by atoms with Gasteiger partial charge in [0.25, 0.3) is 6.71 Å². The van der Waals surface area contributed by atoms with Crippen LogP contribution >= 0.6 is 0 Å². The van der Waals surface area contributed by atoms with Crippen LogP contribution in [0.15, 0.2) is 322 Å². The minimum Gasteiger partial charge on any atom is -0.311 e. The highest BCUT2D eigenvalue weighted by atomic mass is 28.3. The molecule has 0 saturated heterocycles. The molecule has 16 rings (SSSR count). The standard InChI is InChI=1S/C90H80BN3Si2/c1-88(2,3)63-48-54-79-84(59-63)92(66-49-51-75(52-50-66)95(69-32-16-10-17-33-69,70-34-18-11-19-35-70)71-36-20-12-21-37-71)85-60-68(93-81-46-30-28-44-77(81)78-45-29-31-47-82(78)93)61-86-87(85)91(79)80-62-76(53-55-83(80)94(86)67-57-64(89(4,5)6)56-65(58-67)90(7,8)9)96(72-38-22-13-23-39-72,73-40-24-14-25-41-73)74-42-26-15-27-43-74/h10-62H,1-9H3. The van der Waals surface area contributed by atoms with Crippen molar-refractivity contribution in [1.82, 2.24) is 4.57 Å². The fourth-order valence-electron chi connectivity index (χ4n) is 16.2. The van der Waals surface area contributed by atoms with Gasteiger partial charge >= 0.3 is 0 Å². The number of nitrogens with zero attached hydrogens (tertiary/aromatic N) is 3. The lowest BCUT2D eigenvalue weighted by atomic mass is 9.33. The van der Waals surface area contributed by atoms with Crippen LogP contribution in [-0.2, 0) is 16.2 Å². The molecule has 3 nitrogen and oxygen atoms in total. The summed E-state index contributed by atoms with van der Waals surface area (Å²) < 4.78 is 2.54. The SMILES string of the molecule is CC(C)(C)c1cc(N2c3ccc([Si](c4ccccc4)(c4ccccc4)c4ccccc4)cc3B3c4ccc(C(C)(C)C)cc4N(c4ccc([Si](c5ccccc5)(c5ccccc5)c5ccccc5)cc4)c4cc(-n5c6ccccc6c6ccccc65)cc2c43)cc(C(C)(C)C)c1. The van der Waals surface area contributed by atoms with Gasteiger partial charge in [-0.2, -0.15) is 0 Å². The van der Waals surface area contributed by atoms with E-state index in [1.165, 1.54) is 119 Å². The van der Waals surface area contributed by atoms with Crippen LogP contribution in [0.1, 0.15) is 79.0 Å². The van der Waals surface area contributed by atoms with Gasteiger partial charge in [0.05, 0.1) is 16.7 Å². The molecule has 6 heteroatoms. The molecule has 0 saturated carbocycles. The molecule has 14 aromatic rings. The second kappa shape index (κ2) is 23.3. The van der Waals surface area contributed by atoms with E-state index < -0.39 is 16.1 Å². The van der Waals surface area contributed by atoms with Crippen molar-refractivity contribution in [2.45, 2.75) is 78.6 Å². The Labute approximate surface area is 569 Å². The van der Waals surface area contributed by atoms with Crippen molar-refractivity contribution < 1.29 is 0 Å². The highest BCUT2D eigenvalue weighted by Gasteiger charge is 2.48. The van der Waals surface area contributed by atoms with Crippen molar-refractivity contribution in [3.8, 4) is 5.69 Å². The second-order valence-corrected chi connectivity index (χ2v) is 37.3. The number of fused-ring (bicyclic) bond motifs is 7. The van der Waals surface area contributed by atoms with E-state index in [0.717, 1.165) is 17.1 Å². The molecule has 0 radical (unpaired) electrons. The molecule has 3 heterocycles. The van der Waals surface area contributed by atoms with Crippen LogP contribution in [-0.4, -0.2) is 27.4 Å².